The van der Waals surface area contributed by atoms with Gasteiger partial charge in [-0.1, -0.05) is 6.92 Å². The highest BCUT2D eigenvalue weighted by molar-refractivity contribution is 7.89. The Hall–Kier alpha value is -1.88. The van der Waals surface area contributed by atoms with E-state index in [2.05, 4.69) is 35.3 Å². The van der Waals surface area contributed by atoms with Crippen LogP contribution in [0.3, 0.4) is 0 Å². The highest BCUT2D eigenvalue weighted by Crippen LogP contribution is 2.39. The molecule has 3 heterocycles. The van der Waals surface area contributed by atoms with Crippen LogP contribution in [-0.2, 0) is 14.8 Å². The Balaban J connectivity index is 1.57. The summed E-state index contributed by atoms with van der Waals surface area (Å²) in [5.74, 6) is -0.123. The number of carbonyl (C=O) groups is 1. The average molecular weight is 537 g/mol. The van der Waals surface area contributed by atoms with Gasteiger partial charge < -0.3 is 9.80 Å². The van der Waals surface area contributed by atoms with Crippen molar-refractivity contribution in [2.24, 2.45) is 0 Å². The summed E-state index contributed by atoms with van der Waals surface area (Å²) in [4.78, 5) is 19.0. The van der Waals surface area contributed by atoms with Gasteiger partial charge in [0.1, 0.15) is 5.88 Å². The minimum absolute atomic E-state index is 0.0239. The third-order valence-corrected chi connectivity index (χ3v) is 9.99. The molecule has 1 amide bonds. The molecule has 0 spiro atoms. The van der Waals surface area contributed by atoms with Crippen molar-refractivity contribution in [1.82, 2.24) is 24.3 Å². The number of fused-ring (bicyclic) bond motifs is 1. The van der Waals surface area contributed by atoms with E-state index < -0.39 is 10.0 Å². The zero-order chi connectivity index (χ0) is 25.8. The number of aromatic nitrogens is 2. The van der Waals surface area contributed by atoms with Gasteiger partial charge >= 0.3 is 0 Å². The molecule has 1 N–H and O–H groups in total. The van der Waals surface area contributed by atoms with Crippen molar-refractivity contribution in [3.63, 3.8) is 0 Å². The van der Waals surface area contributed by atoms with Gasteiger partial charge in [-0.15, -0.1) is 11.6 Å². The number of hydrogen-bond acceptors (Lipinski definition) is 6. The van der Waals surface area contributed by atoms with Gasteiger partial charge in [-0.2, -0.15) is 5.10 Å². The van der Waals surface area contributed by atoms with E-state index in [1.807, 2.05) is 23.9 Å². The van der Waals surface area contributed by atoms with Gasteiger partial charge in [0.25, 0.3) is 0 Å². The Bertz CT molecular complexity index is 1250. The lowest BCUT2D eigenvalue weighted by Crippen LogP contribution is -2.56. The van der Waals surface area contributed by atoms with Crippen molar-refractivity contribution in [1.29, 1.82) is 0 Å². The molecule has 1 aliphatic carbocycles. The van der Waals surface area contributed by atoms with Crippen LogP contribution in [0.1, 0.15) is 53.0 Å². The quantitative estimate of drug-likeness (QED) is 0.547. The Kier molecular flexibility index (Phi) is 6.76. The first-order valence-electron chi connectivity index (χ1n) is 12.9. The average Bonchev–Trinajstić information content (AvgIpc) is 3.22. The number of sulfonamides is 1. The summed E-state index contributed by atoms with van der Waals surface area (Å²) in [5.41, 5.74) is 1.33. The topological polar surface area (TPSA) is 90.8 Å². The molecule has 1 saturated carbocycles. The highest BCUT2D eigenvalue weighted by Gasteiger charge is 2.42. The number of piperazine rings is 1. The number of rotatable bonds is 7. The molecule has 1 unspecified atom stereocenters. The van der Waals surface area contributed by atoms with Gasteiger partial charge in [0.2, 0.25) is 15.9 Å². The van der Waals surface area contributed by atoms with E-state index >= 15 is 0 Å². The molecule has 198 valence electrons. The van der Waals surface area contributed by atoms with Crippen molar-refractivity contribution >= 4 is 44.1 Å². The summed E-state index contributed by atoms with van der Waals surface area (Å²) in [5, 5.41) is 5.67. The van der Waals surface area contributed by atoms with E-state index in [9.17, 15) is 13.2 Å². The zero-order valence-electron chi connectivity index (χ0n) is 21.6. The van der Waals surface area contributed by atoms with Crippen molar-refractivity contribution in [3.8, 4) is 0 Å². The second-order valence-electron chi connectivity index (χ2n) is 11.0. The number of hydrogen-bond donors (Lipinski definition) is 1. The first-order chi connectivity index (χ1) is 17.0. The zero-order valence-corrected chi connectivity index (χ0v) is 23.1. The van der Waals surface area contributed by atoms with Crippen LogP contribution in [0.4, 0.5) is 5.69 Å². The summed E-state index contributed by atoms with van der Waals surface area (Å²) in [7, 11) is -3.71. The van der Waals surface area contributed by atoms with Crippen LogP contribution in [-0.4, -0.2) is 90.1 Å². The second kappa shape index (κ2) is 9.45. The van der Waals surface area contributed by atoms with Gasteiger partial charge in [0.05, 0.1) is 22.7 Å². The fourth-order valence-corrected chi connectivity index (χ4v) is 7.58. The van der Waals surface area contributed by atoms with Crippen LogP contribution in [0.25, 0.3) is 10.9 Å². The van der Waals surface area contributed by atoms with Crippen LogP contribution in [0.15, 0.2) is 23.2 Å². The third kappa shape index (κ3) is 4.73. The lowest BCUT2D eigenvalue weighted by molar-refractivity contribution is -0.127. The fraction of sp³-hybridized carbons (Fsp3) is 0.680. The summed E-state index contributed by atoms with van der Waals surface area (Å²) in [6, 6.07) is 4.24. The monoisotopic (exact) mass is 536 g/mol. The summed E-state index contributed by atoms with van der Waals surface area (Å²) < 4.78 is 31.8. The maximum absolute atomic E-state index is 13.5. The molecule has 5 rings (SSSR count). The van der Waals surface area contributed by atoms with Crippen molar-refractivity contribution < 1.29 is 13.2 Å². The van der Waals surface area contributed by atoms with Gasteiger partial charge in [0.15, 0.2) is 0 Å². The van der Waals surface area contributed by atoms with Gasteiger partial charge in [-0.3, -0.25) is 14.4 Å². The number of halogens is 1. The summed E-state index contributed by atoms with van der Waals surface area (Å²) >= 11 is 5.78. The van der Waals surface area contributed by atoms with Gasteiger partial charge in [-0.05, 0) is 58.7 Å². The molecular formula is C25H37ClN6O3S. The molecule has 0 bridgehead atoms. The standard InChI is InChI=1S/C25H37ClN6O3S/c1-5-31-17(2)14-30(15-18(31)3)22-10-20(36(34,35)28-25(4)7-8-25)11-23-21(22)13-27-32(23)19-6-9-29(16-19)24(33)12-26/h10-11,13,17-19,28H,5-9,12,14-16H2,1-4H3/t17-,18+,19?. The predicted octanol–water partition coefficient (Wildman–Crippen LogP) is 2.80. The van der Waals surface area contributed by atoms with Crippen molar-refractivity contribution in [2.75, 3.05) is 43.5 Å². The molecule has 1 aromatic heterocycles. The van der Waals surface area contributed by atoms with Crippen LogP contribution >= 0.6 is 11.6 Å². The number of alkyl halides is 1. The van der Waals surface area contributed by atoms with Gasteiger partial charge in [0, 0.05) is 54.9 Å². The van der Waals surface area contributed by atoms with E-state index in [-0.39, 0.29) is 28.3 Å². The first-order valence-corrected chi connectivity index (χ1v) is 15.0. The Labute approximate surface area is 218 Å². The second-order valence-corrected chi connectivity index (χ2v) is 12.9. The van der Waals surface area contributed by atoms with E-state index in [0.717, 1.165) is 55.5 Å². The molecule has 3 aliphatic rings. The van der Waals surface area contributed by atoms with E-state index in [1.54, 1.807) is 11.0 Å². The van der Waals surface area contributed by atoms with E-state index in [0.29, 0.717) is 25.2 Å². The number of carbonyl (C=O) groups excluding carboxylic acids is 1. The Morgan fingerprint density at radius 2 is 1.89 bits per heavy atom. The number of nitrogens with zero attached hydrogens (tertiary/aromatic N) is 5. The molecule has 2 aromatic rings. The molecule has 36 heavy (non-hydrogen) atoms. The third-order valence-electron chi connectivity index (χ3n) is 8.14. The summed E-state index contributed by atoms with van der Waals surface area (Å²) in [6.45, 7) is 12.3. The summed E-state index contributed by atoms with van der Waals surface area (Å²) in [6.07, 6.45) is 4.30. The highest BCUT2D eigenvalue weighted by atomic mass is 35.5. The minimum atomic E-state index is -3.71. The maximum atomic E-state index is 13.5. The molecule has 3 atom stereocenters. The number of likely N-dealkylation sites (N-methyl/N-ethyl adjacent to an activating group) is 1. The van der Waals surface area contributed by atoms with Crippen LogP contribution < -0.4 is 9.62 Å². The first kappa shape index (κ1) is 25.8. The van der Waals surface area contributed by atoms with Crippen LogP contribution in [0, 0.1) is 0 Å². The Morgan fingerprint density at radius 1 is 1.19 bits per heavy atom. The smallest absolute Gasteiger partial charge is 0.241 e. The lowest BCUT2D eigenvalue weighted by atomic mass is 10.1. The largest absolute Gasteiger partial charge is 0.368 e. The maximum Gasteiger partial charge on any atom is 0.241 e. The molecule has 2 saturated heterocycles. The number of benzene rings is 1. The van der Waals surface area contributed by atoms with E-state index in [4.69, 9.17) is 16.7 Å². The predicted molar refractivity (Wildman–Crippen MR) is 142 cm³/mol. The van der Waals surface area contributed by atoms with Gasteiger partial charge in [-0.25, -0.2) is 13.1 Å². The number of nitrogens with one attached hydrogen (secondary N) is 1. The molecular weight excluding hydrogens is 500 g/mol. The molecule has 11 heteroatoms. The Morgan fingerprint density at radius 3 is 2.50 bits per heavy atom. The van der Waals surface area contributed by atoms with Crippen LogP contribution in [0.2, 0.25) is 0 Å². The molecule has 9 nitrogen and oxygen atoms in total. The molecule has 2 aliphatic heterocycles. The molecule has 3 fully saturated rings. The number of likely N-dealkylation sites (tertiary alicyclic amines) is 1. The van der Waals surface area contributed by atoms with Crippen LogP contribution in [0.5, 0.6) is 0 Å². The normalized spacial score (nSPS) is 26.6. The SMILES string of the molecule is CCN1[C@H](C)CN(c2cc(S(=O)(=O)NC3(C)CC3)cc3c2cnn3C2CCN(C(=O)CCl)C2)C[C@@H]1C. The van der Waals surface area contributed by atoms with E-state index in [1.165, 1.54) is 0 Å². The lowest BCUT2D eigenvalue weighted by Gasteiger charge is -2.45. The molecule has 1 aromatic carbocycles. The number of anilines is 1. The fourth-order valence-electron chi connectivity index (χ4n) is 5.91. The van der Waals surface area contributed by atoms with Crippen molar-refractivity contribution in [3.05, 3.63) is 18.3 Å². The number of amides is 1. The minimum Gasteiger partial charge on any atom is -0.368 e. The molecule has 0 radical (unpaired) electrons. The van der Waals surface area contributed by atoms with Crippen molar-refractivity contribution in [2.45, 2.75) is 75.5 Å².